The van der Waals surface area contributed by atoms with Crippen molar-refractivity contribution in [1.29, 1.82) is 0 Å². The number of aliphatic carboxylic acids is 1. The number of rotatable bonds is 3. The molecule has 23 heavy (non-hydrogen) atoms. The smallest absolute Gasteiger partial charge is 0.416 e. The average Bonchev–Trinajstić information content (AvgIpc) is 2.45. The molecular formula is C14H13ClF3NO3S. The lowest BCUT2D eigenvalue weighted by molar-refractivity contribution is -0.138. The molecule has 1 amide bonds. The lowest BCUT2D eigenvalue weighted by Crippen LogP contribution is -2.47. The molecule has 0 aliphatic carbocycles. The molecule has 0 aromatic heterocycles. The Labute approximate surface area is 139 Å². The molecule has 1 aromatic carbocycles. The van der Waals surface area contributed by atoms with Gasteiger partial charge in [-0.25, -0.2) is 0 Å². The van der Waals surface area contributed by atoms with Crippen LogP contribution in [0.15, 0.2) is 18.2 Å². The van der Waals surface area contributed by atoms with Gasteiger partial charge < -0.3 is 10.0 Å². The van der Waals surface area contributed by atoms with E-state index in [0.29, 0.717) is 11.5 Å². The second-order valence-corrected chi connectivity index (χ2v) is 6.64. The van der Waals surface area contributed by atoms with E-state index in [-0.39, 0.29) is 23.6 Å². The van der Waals surface area contributed by atoms with Gasteiger partial charge in [-0.05, 0) is 18.2 Å². The highest BCUT2D eigenvalue weighted by molar-refractivity contribution is 7.99. The summed E-state index contributed by atoms with van der Waals surface area (Å²) in [5, 5.41) is 8.72. The van der Waals surface area contributed by atoms with E-state index in [0.717, 1.165) is 12.1 Å². The minimum absolute atomic E-state index is 0.188. The third kappa shape index (κ3) is 4.54. The molecule has 2 rings (SSSR count). The maximum absolute atomic E-state index is 12.8. The van der Waals surface area contributed by atoms with Crippen molar-refractivity contribution in [2.75, 3.05) is 18.1 Å². The topological polar surface area (TPSA) is 57.6 Å². The predicted molar refractivity (Wildman–Crippen MR) is 80.9 cm³/mol. The average molecular weight is 368 g/mol. The molecule has 9 heteroatoms. The Morgan fingerprint density at radius 3 is 2.65 bits per heavy atom. The van der Waals surface area contributed by atoms with Crippen molar-refractivity contribution in [3.63, 3.8) is 0 Å². The number of carbonyl (C=O) groups excluding carboxylic acids is 1. The van der Waals surface area contributed by atoms with Crippen LogP contribution in [0.2, 0.25) is 5.02 Å². The van der Waals surface area contributed by atoms with Crippen LogP contribution in [-0.2, 0) is 11.0 Å². The van der Waals surface area contributed by atoms with E-state index in [9.17, 15) is 22.8 Å². The highest BCUT2D eigenvalue weighted by Gasteiger charge is 2.34. The van der Waals surface area contributed by atoms with Gasteiger partial charge in [-0.2, -0.15) is 24.9 Å². The number of halogens is 4. The Morgan fingerprint density at radius 2 is 2.04 bits per heavy atom. The largest absolute Gasteiger partial charge is 0.481 e. The fraction of sp³-hybridized carbons (Fsp3) is 0.429. The molecule has 1 aromatic rings. The predicted octanol–water partition coefficient (Wildman–Crippen LogP) is 3.39. The molecule has 1 N–H and O–H groups in total. The van der Waals surface area contributed by atoms with Crippen molar-refractivity contribution in [1.82, 2.24) is 4.90 Å². The van der Waals surface area contributed by atoms with E-state index in [1.165, 1.54) is 22.7 Å². The van der Waals surface area contributed by atoms with E-state index < -0.39 is 29.7 Å². The van der Waals surface area contributed by atoms with E-state index in [1.54, 1.807) is 0 Å². The second-order valence-electron chi connectivity index (χ2n) is 5.05. The number of hydrogen-bond acceptors (Lipinski definition) is 3. The normalized spacial score (nSPS) is 18.8. The van der Waals surface area contributed by atoms with Crippen LogP contribution >= 0.6 is 23.4 Å². The number of amides is 1. The zero-order valence-corrected chi connectivity index (χ0v) is 13.3. The zero-order valence-electron chi connectivity index (χ0n) is 11.8. The first-order valence-corrected chi connectivity index (χ1v) is 8.20. The molecule has 0 saturated carbocycles. The van der Waals surface area contributed by atoms with E-state index in [1.807, 2.05) is 0 Å². The summed E-state index contributed by atoms with van der Waals surface area (Å²) < 4.78 is 38.5. The van der Waals surface area contributed by atoms with Crippen LogP contribution in [0.5, 0.6) is 0 Å². The third-order valence-corrected chi connectivity index (χ3v) is 4.68. The summed E-state index contributed by atoms with van der Waals surface area (Å²) >= 11 is 7.20. The molecule has 1 aliphatic heterocycles. The van der Waals surface area contributed by atoms with Gasteiger partial charge in [0, 0.05) is 28.6 Å². The van der Waals surface area contributed by atoms with Gasteiger partial charge in [-0.15, -0.1) is 0 Å². The van der Waals surface area contributed by atoms with Gasteiger partial charge in [0.15, 0.2) is 0 Å². The number of benzene rings is 1. The van der Waals surface area contributed by atoms with E-state index in [2.05, 4.69) is 0 Å². The molecule has 1 unspecified atom stereocenters. The molecule has 1 atom stereocenters. The third-order valence-electron chi connectivity index (χ3n) is 3.37. The minimum Gasteiger partial charge on any atom is -0.481 e. The standard InChI is InChI=1S/C14H13ClF3NO3S/c15-10-4-8(3-9(5-10)14(16,17)18)13(22)19-1-2-23-7-11(19)6-12(20)21/h3-5,11H,1-2,6-7H2,(H,20,21). The Morgan fingerprint density at radius 1 is 1.35 bits per heavy atom. The van der Waals surface area contributed by atoms with E-state index in [4.69, 9.17) is 16.7 Å². The lowest BCUT2D eigenvalue weighted by atomic mass is 10.1. The van der Waals surface area contributed by atoms with Gasteiger partial charge in [0.05, 0.1) is 18.0 Å². The molecule has 1 heterocycles. The molecule has 126 valence electrons. The summed E-state index contributed by atoms with van der Waals surface area (Å²) in [5.41, 5.74) is -1.19. The summed E-state index contributed by atoms with van der Waals surface area (Å²) in [7, 11) is 0. The fourth-order valence-corrected chi connectivity index (χ4v) is 3.63. The van der Waals surface area contributed by atoms with Crippen LogP contribution in [0, 0.1) is 0 Å². The van der Waals surface area contributed by atoms with Crippen molar-refractivity contribution >= 4 is 35.2 Å². The van der Waals surface area contributed by atoms with Crippen LogP contribution in [0.4, 0.5) is 13.2 Å². The molecule has 0 spiro atoms. The highest BCUT2D eigenvalue weighted by atomic mass is 35.5. The van der Waals surface area contributed by atoms with Crippen LogP contribution in [0.25, 0.3) is 0 Å². The summed E-state index contributed by atoms with van der Waals surface area (Å²) in [4.78, 5) is 24.7. The maximum Gasteiger partial charge on any atom is 0.416 e. The van der Waals surface area contributed by atoms with Gasteiger partial charge in [0.25, 0.3) is 5.91 Å². The van der Waals surface area contributed by atoms with Crippen molar-refractivity contribution in [3.05, 3.63) is 34.3 Å². The number of hydrogen-bond donors (Lipinski definition) is 1. The summed E-state index contributed by atoms with van der Waals surface area (Å²) in [6, 6.07) is 2.11. The molecular weight excluding hydrogens is 355 g/mol. The lowest BCUT2D eigenvalue weighted by Gasteiger charge is -2.34. The van der Waals surface area contributed by atoms with Crippen molar-refractivity contribution in [3.8, 4) is 0 Å². The van der Waals surface area contributed by atoms with Gasteiger partial charge >= 0.3 is 12.1 Å². The Kier molecular flexibility index (Phi) is 5.46. The monoisotopic (exact) mass is 367 g/mol. The van der Waals surface area contributed by atoms with Crippen molar-refractivity contribution in [2.45, 2.75) is 18.6 Å². The number of nitrogens with zero attached hydrogens (tertiary/aromatic N) is 1. The SMILES string of the molecule is O=C(O)CC1CSCCN1C(=O)c1cc(Cl)cc(C(F)(F)F)c1. The maximum atomic E-state index is 12.8. The molecule has 1 aliphatic rings. The number of thioether (sulfide) groups is 1. The molecule has 0 bridgehead atoms. The summed E-state index contributed by atoms with van der Waals surface area (Å²) in [5.74, 6) is -0.652. The molecule has 1 fully saturated rings. The number of carboxylic acids is 1. The first-order valence-electron chi connectivity index (χ1n) is 6.67. The summed E-state index contributed by atoms with van der Waals surface area (Å²) in [6.07, 6.45) is -4.86. The van der Waals surface area contributed by atoms with Gasteiger partial charge in [0.2, 0.25) is 0 Å². The number of carboxylic acid groups (broad SMARTS) is 1. The zero-order chi connectivity index (χ0) is 17.2. The quantitative estimate of drug-likeness (QED) is 0.889. The molecule has 1 saturated heterocycles. The van der Waals surface area contributed by atoms with Crippen LogP contribution < -0.4 is 0 Å². The van der Waals surface area contributed by atoms with Gasteiger partial charge in [-0.1, -0.05) is 11.6 Å². The molecule has 0 radical (unpaired) electrons. The first kappa shape index (κ1) is 17.9. The number of alkyl halides is 3. The summed E-state index contributed by atoms with van der Waals surface area (Å²) in [6.45, 7) is 0.287. The Hall–Kier alpha value is -1.41. The first-order chi connectivity index (χ1) is 10.7. The van der Waals surface area contributed by atoms with Crippen molar-refractivity contribution in [2.24, 2.45) is 0 Å². The minimum atomic E-state index is -4.61. The van der Waals surface area contributed by atoms with Crippen LogP contribution in [0.1, 0.15) is 22.3 Å². The van der Waals surface area contributed by atoms with Gasteiger partial charge in [0.1, 0.15) is 0 Å². The Bertz CT molecular complexity index is 624. The second kappa shape index (κ2) is 7.00. The number of carbonyl (C=O) groups is 2. The van der Waals surface area contributed by atoms with Gasteiger partial charge in [-0.3, -0.25) is 9.59 Å². The Balaban J connectivity index is 2.31. The van der Waals surface area contributed by atoms with Crippen LogP contribution in [-0.4, -0.2) is 46.0 Å². The fourth-order valence-electron chi connectivity index (χ4n) is 2.34. The highest BCUT2D eigenvalue weighted by Crippen LogP contribution is 2.32. The van der Waals surface area contributed by atoms with E-state index >= 15 is 0 Å². The van der Waals surface area contributed by atoms with Crippen molar-refractivity contribution < 1.29 is 27.9 Å². The molecule has 4 nitrogen and oxygen atoms in total. The van der Waals surface area contributed by atoms with Crippen LogP contribution in [0.3, 0.4) is 0 Å².